The summed E-state index contributed by atoms with van der Waals surface area (Å²) in [6.45, 7) is 3.67. The van der Waals surface area contributed by atoms with E-state index in [1.165, 1.54) is 0 Å². The largest absolute Gasteiger partial charge is 0.508 e. The molecule has 0 saturated carbocycles. The van der Waals surface area contributed by atoms with E-state index in [1.54, 1.807) is 6.07 Å². The topological polar surface area (TPSA) is 57.5 Å². The smallest absolute Gasteiger partial charge is 0.303 e. The molecule has 0 aliphatic heterocycles. The fraction of sp³-hybridized carbons (Fsp3) is 0.417. The first kappa shape index (κ1) is 12.8. The van der Waals surface area contributed by atoms with Crippen molar-refractivity contribution in [2.75, 3.05) is 0 Å². The van der Waals surface area contributed by atoms with Gasteiger partial charge in [-0.15, -0.1) is 0 Å². The molecule has 4 heteroatoms. The van der Waals surface area contributed by atoms with Crippen LogP contribution in [0.15, 0.2) is 6.07 Å². The van der Waals surface area contributed by atoms with Crippen LogP contribution in [0, 0.1) is 13.8 Å². The lowest BCUT2D eigenvalue weighted by molar-refractivity contribution is -0.137. The van der Waals surface area contributed by atoms with Crippen molar-refractivity contribution in [2.45, 2.75) is 33.1 Å². The molecule has 0 amide bonds. The molecule has 1 aromatic carbocycles. The summed E-state index contributed by atoms with van der Waals surface area (Å²) in [6, 6.07) is 1.62. The molecule has 0 aromatic heterocycles. The second-order valence-corrected chi connectivity index (χ2v) is 4.26. The molecular weight excluding hydrogens is 228 g/mol. The van der Waals surface area contributed by atoms with Gasteiger partial charge in [-0.3, -0.25) is 4.79 Å². The van der Waals surface area contributed by atoms with Crippen LogP contribution in [0.25, 0.3) is 0 Å². The summed E-state index contributed by atoms with van der Waals surface area (Å²) >= 11 is 6.07. The number of benzene rings is 1. The van der Waals surface area contributed by atoms with Gasteiger partial charge in [0.15, 0.2) is 0 Å². The third kappa shape index (κ3) is 2.89. The lowest BCUT2D eigenvalue weighted by atomic mass is 9.99. The summed E-state index contributed by atoms with van der Waals surface area (Å²) in [5.41, 5.74) is 2.42. The Hall–Kier alpha value is -1.22. The van der Waals surface area contributed by atoms with Crippen molar-refractivity contribution in [3.63, 3.8) is 0 Å². The summed E-state index contributed by atoms with van der Waals surface area (Å²) < 4.78 is 0. The summed E-state index contributed by atoms with van der Waals surface area (Å²) in [4.78, 5) is 10.4. The van der Waals surface area contributed by atoms with Crippen LogP contribution in [-0.4, -0.2) is 16.2 Å². The Balaban J connectivity index is 2.87. The third-order valence-electron chi connectivity index (χ3n) is 2.61. The Morgan fingerprint density at radius 1 is 1.44 bits per heavy atom. The first-order valence-electron chi connectivity index (χ1n) is 5.12. The highest BCUT2D eigenvalue weighted by molar-refractivity contribution is 6.32. The highest BCUT2D eigenvalue weighted by Crippen LogP contribution is 2.31. The Morgan fingerprint density at radius 3 is 2.62 bits per heavy atom. The van der Waals surface area contributed by atoms with E-state index in [0.717, 1.165) is 16.7 Å². The highest BCUT2D eigenvalue weighted by Gasteiger charge is 2.11. The molecule has 3 nitrogen and oxygen atoms in total. The second kappa shape index (κ2) is 5.21. The zero-order valence-electron chi connectivity index (χ0n) is 9.38. The zero-order valence-corrected chi connectivity index (χ0v) is 10.1. The number of aromatic hydroxyl groups is 1. The molecule has 0 unspecified atom stereocenters. The monoisotopic (exact) mass is 242 g/mol. The molecule has 0 bridgehead atoms. The zero-order chi connectivity index (χ0) is 12.3. The molecule has 0 aliphatic carbocycles. The van der Waals surface area contributed by atoms with Gasteiger partial charge in [0.2, 0.25) is 0 Å². The van der Waals surface area contributed by atoms with Gasteiger partial charge < -0.3 is 10.2 Å². The van der Waals surface area contributed by atoms with Gasteiger partial charge in [-0.25, -0.2) is 0 Å². The number of phenolic OH excluding ortho intramolecular Hbond substituents is 1. The number of carboxylic acid groups (broad SMARTS) is 1. The van der Waals surface area contributed by atoms with Gasteiger partial charge in [-0.1, -0.05) is 11.6 Å². The Labute approximate surface area is 99.7 Å². The van der Waals surface area contributed by atoms with Crippen molar-refractivity contribution in [1.82, 2.24) is 0 Å². The van der Waals surface area contributed by atoms with E-state index in [4.69, 9.17) is 16.7 Å². The minimum Gasteiger partial charge on any atom is -0.508 e. The first-order valence-corrected chi connectivity index (χ1v) is 5.50. The minimum absolute atomic E-state index is 0.102. The van der Waals surface area contributed by atoms with Crippen molar-refractivity contribution in [3.8, 4) is 5.75 Å². The third-order valence-corrected chi connectivity index (χ3v) is 3.19. The van der Waals surface area contributed by atoms with Crippen molar-refractivity contribution in [1.29, 1.82) is 0 Å². The number of rotatable bonds is 4. The van der Waals surface area contributed by atoms with Crippen LogP contribution in [0.5, 0.6) is 5.75 Å². The Bertz CT molecular complexity index is 413. The molecule has 0 heterocycles. The number of phenols is 1. The molecule has 0 radical (unpaired) electrons. The fourth-order valence-electron chi connectivity index (χ4n) is 1.71. The molecule has 2 N–H and O–H groups in total. The summed E-state index contributed by atoms with van der Waals surface area (Å²) in [7, 11) is 0. The standard InChI is InChI=1S/C12H15ClO3/c1-7-6-10(14)9(8(2)12(7)13)4-3-5-11(15)16/h6,14H,3-5H2,1-2H3,(H,15,16). The predicted octanol–water partition coefficient (Wildman–Crippen LogP) is 3.07. The van der Waals surface area contributed by atoms with E-state index in [9.17, 15) is 9.90 Å². The molecule has 0 fully saturated rings. The number of hydrogen-bond donors (Lipinski definition) is 2. The van der Waals surface area contributed by atoms with Crippen LogP contribution in [0.4, 0.5) is 0 Å². The highest BCUT2D eigenvalue weighted by atomic mass is 35.5. The van der Waals surface area contributed by atoms with Gasteiger partial charge in [0, 0.05) is 11.4 Å². The van der Waals surface area contributed by atoms with Crippen LogP contribution in [-0.2, 0) is 11.2 Å². The van der Waals surface area contributed by atoms with E-state index in [2.05, 4.69) is 0 Å². The maximum atomic E-state index is 10.4. The lowest BCUT2D eigenvalue weighted by Gasteiger charge is -2.11. The first-order chi connectivity index (χ1) is 7.43. The molecule has 88 valence electrons. The molecule has 1 aromatic rings. The van der Waals surface area contributed by atoms with Gasteiger partial charge in [0.1, 0.15) is 5.75 Å². The van der Waals surface area contributed by atoms with Crippen LogP contribution in [0.1, 0.15) is 29.5 Å². The number of carboxylic acids is 1. The van der Waals surface area contributed by atoms with Crippen LogP contribution in [0.2, 0.25) is 5.02 Å². The molecule has 0 atom stereocenters. The second-order valence-electron chi connectivity index (χ2n) is 3.88. The Morgan fingerprint density at radius 2 is 2.06 bits per heavy atom. The predicted molar refractivity (Wildman–Crippen MR) is 63.2 cm³/mol. The van der Waals surface area contributed by atoms with Crippen molar-refractivity contribution in [2.24, 2.45) is 0 Å². The van der Waals surface area contributed by atoms with Crippen molar-refractivity contribution >= 4 is 17.6 Å². The maximum absolute atomic E-state index is 10.4. The van der Waals surface area contributed by atoms with Gasteiger partial charge in [-0.2, -0.15) is 0 Å². The van der Waals surface area contributed by atoms with Gasteiger partial charge in [-0.05, 0) is 49.4 Å². The average Bonchev–Trinajstić information content (AvgIpc) is 2.19. The SMILES string of the molecule is Cc1cc(O)c(CCCC(=O)O)c(C)c1Cl. The maximum Gasteiger partial charge on any atom is 0.303 e. The molecular formula is C12H15ClO3. The van der Waals surface area contributed by atoms with Crippen LogP contribution in [0.3, 0.4) is 0 Å². The van der Waals surface area contributed by atoms with E-state index >= 15 is 0 Å². The minimum atomic E-state index is -0.824. The average molecular weight is 243 g/mol. The van der Waals surface area contributed by atoms with Crippen LogP contribution < -0.4 is 0 Å². The summed E-state index contributed by atoms with van der Waals surface area (Å²) in [5, 5.41) is 18.9. The van der Waals surface area contributed by atoms with E-state index < -0.39 is 5.97 Å². The van der Waals surface area contributed by atoms with E-state index in [1.807, 2.05) is 13.8 Å². The molecule has 16 heavy (non-hydrogen) atoms. The van der Waals surface area contributed by atoms with Gasteiger partial charge >= 0.3 is 5.97 Å². The van der Waals surface area contributed by atoms with Crippen LogP contribution >= 0.6 is 11.6 Å². The van der Waals surface area contributed by atoms with E-state index in [-0.39, 0.29) is 12.2 Å². The van der Waals surface area contributed by atoms with Crippen molar-refractivity contribution < 1.29 is 15.0 Å². The summed E-state index contributed by atoms with van der Waals surface area (Å²) in [5.74, 6) is -0.625. The lowest BCUT2D eigenvalue weighted by Crippen LogP contribution is -1.98. The fourth-order valence-corrected chi connectivity index (χ4v) is 1.88. The van der Waals surface area contributed by atoms with Gasteiger partial charge in [0.25, 0.3) is 0 Å². The number of hydrogen-bond acceptors (Lipinski definition) is 2. The number of aliphatic carboxylic acids is 1. The molecule has 0 saturated heterocycles. The number of aryl methyl sites for hydroxylation is 1. The Kier molecular flexibility index (Phi) is 4.19. The number of carbonyl (C=O) groups is 1. The molecule has 1 rings (SSSR count). The molecule has 0 aliphatic rings. The number of halogens is 1. The van der Waals surface area contributed by atoms with Crippen molar-refractivity contribution in [3.05, 3.63) is 27.8 Å². The molecule has 0 spiro atoms. The quantitative estimate of drug-likeness (QED) is 0.853. The van der Waals surface area contributed by atoms with Gasteiger partial charge in [0.05, 0.1) is 0 Å². The normalized spacial score (nSPS) is 10.4. The summed E-state index contributed by atoms with van der Waals surface area (Å²) in [6.07, 6.45) is 1.14. The van der Waals surface area contributed by atoms with E-state index in [0.29, 0.717) is 17.9 Å².